The number of nitrogens with two attached hydrogens (primary N) is 1. The molecule has 0 bridgehead atoms. The molecule has 1 aliphatic heterocycles. The van der Waals surface area contributed by atoms with Crippen molar-refractivity contribution >= 4 is 22.3 Å². The summed E-state index contributed by atoms with van der Waals surface area (Å²) in [5.41, 5.74) is 13.7. The zero-order chi connectivity index (χ0) is 26.5. The minimum Gasteiger partial charge on any atom is -0.398 e. The summed E-state index contributed by atoms with van der Waals surface area (Å²) in [5.74, 6) is 1.09. The van der Waals surface area contributed by atoms with Crippen LogP contribution in [0.1, 0.15) is 36.7 Å². The minimum atomic E-state index is 0.132. The molecule has 8 nitrogen and oxygen atoms in total. The number of fused-ring (bicyclic) bond motifs is 1. The van der Waals surface area contributed by atoms with E-state index in [-0.39, 0.29) is 5.71 Å². The second-order valence-electron chi connectivity index (χ2n) is 9.68. The van der Waals surface area contributed by atoms with Crippen LogP contribution in [0.15, 0.2) is 85.3 Å². The monoisotopic (exact) mass is 504 g/mol. The molecule has 4 aromatic heterocycles. The summed E-state index contributed by atoms with van der Waals surface area (Å²) in [5, 5.41) is 12.1. The molecule has 1 aliphatic rings. The predicted octanol–water partition coefficient (Wildman–Crippen LogP) is 4.83. The molecule has 8 heteroatoms. The van der Waals surface area contributed by atoms with Crippen LogP contribution in [0.3, 0.4) is 0 Å². The standard InChI is InChI=1S/C30H32N8/c1-19(24-16-22(17-35-18-24)15-21-5-10-33-11-6-21)3-4-25(31)20(2)27(32)30-37-26-9-14-36-28(29(26)38-30)23-7-12-34-13-8-23/h3-4,7-9,12-14,16-18,21,32-33H,2,5-6,10-11,15,31H2,1H3,(H,37,38)/b19-3+,25-4+,32-27?. The SMILES string of the molecule is C=C(C(=N)c1nc2c(-c3ccncc3)nccc2[nH]1)/C(N)=C\C=C(/C)c1cncc(CC2CCNCC2)c1. The van der Waals surface area contributed by atoms with Crippen LogP contribution in [-0.4, -0.2) is 43.7 Å². The second-order valence-corrected chi connectivity index (χ2v) is 9.68. The zero-order valence-electron chi connectivity index (χ0n) is 21.5. The molecular weight excluding hydrogens is 472 g/mol. The molecule has 38 heavy (non-hydrogen) atoms. The molecule has 0 saturated carbocycles. The molecule has 0 atom stereocenters. The highest BCUT2D eigenvalue weighted by molar-refractivity contribution is 6.12. The van der Waals surface area contributed by atoms with Crippen LogP contribution in [0.25, 0.3) is 27.9 Å². The lowest BCUT2D eigenvalue weighted by Crippen LogP contribution is -2.28. The Hall–Kier alpha value is -4.43. The number of rotatable bonds is 8. The number of piperidine rings is 1. The first-order valence-electron chi connectivity index (χ1n) is 12.8. The van der Waals surface area contributed by atoms with E-state index in [9.17, 15) is 0 Å². The van der Waals surface area contributed by atoms with Crippen molar-refractivity contribution in [2.24, 2.45) is 11.7 Å². The smallest absolute Gasteiger partial charge is 0.157 e. The van der Waals surface area contributed by atoms with Crippen molar-refractivity contribution in [1.82, 2.24) is 30.2 Å². The van der Waals surface area contributed by atoms with Gasteiger partial charge in [-0.05, 0) is 92.2 Å². The molecule has 1 fully saturated rings. The van der Waals surface area contributed by atoms with E-state index >= 15 is 0 Å². The van der Waals surface area contributed by atoms with Crippen LogP contribution in [-0.2, 0) is 6.42 Å². The number of aromatic amines is 1. The van der Waals surface area contributed by atoms with E-state index in [1.165, 1.54) is 18.4 Å². The highest BCUT2D eigenvalue weighted by Gasteiger charge is 2.16. The van der Waals surface area contributed by atoms with Crippen molar-refractivity contribution in [3.05, 3.63) is 102 Å². The van der Waals surface area contributed by atoms with Crippen LogP contribution in [0.5, 0.6) is 0 Å². The van der Waals surface area contributed by atoms with Crippen LogP contribution in [0, 0.1) is 11.3 Å². The van der Waals surface area contributed by atoms with Gasteiger partial charge in [0.1, 0.15) is 11.2 Å². The fraction of sp³-hybridized carbons (Fsp3) is 0.233. The highest BCUT2D eigenvalue weighted by atomic mass is 15.0. The van der Waals surface area contributed by atoms with Crippen molar-refractivity contribution < 1.29 is 0 Å². The first-order chi connectivity index (χ1) is 18.5. The Morgan fingerprint density at radius 3 is 2.68 bits per heavy atom. The van der Waals surface area contributed by atoms with Crippen molar-refractivity contribution in [2.75, 3.05) is 13.1 Å². The molecule has 0 amide bonds. The van der Waals surface area contributed by atoms with Gasteiger partial charge < -0.3 is 16.0 Å². The van der Waals surface area contributed by atoms with Crippen molar-refractivity contribution in [1.29, 1.82) is 5.41 Å². The van der Waals surface area contributed by atoms with Gasteiger partial charge in [0.15, 0.2) is 5.82 Å². The summed E-state index contributed by atoms with van der Waals surface area (Å²) in [7, 11) is 0. The highest BCUT2D eigenvalue weighted by Crippen LogP contribution is 2.25. The molecule has 5 rings (SSSR count). The maximum atomic E-state index is 8.69. The van der Waals surface area contributed by atoms with Crippen molar-refractivity contribution in [3.8, 4) is 11.3 Å². The van der Waals surface area contributed by atoms with Gasteiger partial charge in [-0.2, -0.15) is 0 Å². The number of pyridine rings is 3. The number of aromatic nitrogens is 5. The number of nitrogens with one attached hydrogen (secondary N) is 3. The largest absolute Gasteiger partial charge is 0.398 e. The van der Waals surface area contributed by atoms with Gasteiger partial charge in [0.2, 0.25) is 0 Å². The lowest BCUT2D eigenvalue weighted by molar-refractivity contribution is 0.372. The van der Waals surface area contributed by atoms with Gasteiger partial charge in [-0.15, -0.1) is 0 Å². The van der Waals surface area contributed by atoms with Crippen LogP contribution in [0.2, 0.25) is 0 Å². The van der Waals surface area contributed by atoms with E-state index < -0.39 is 0 Å². The minimum absolute atomic E-state index is 0.132. The van der Waals surface area contributed by atoms with Gasteiger partial charge in [-0.1, -0.05) is 12.7 Å². The van der Waals surface area contributed by atoms with Crippen LogP contribution >= 0.6 is 0 Å². The van der Waals surface area contributed by atoms with Gasteiger partial charge in [0.25, 0.3) is 0 Å². The average molecular weight is 505 g/mol. The molecule has 0 radical (unpaired) electrons. The molecule has 1 saturated heterocycles. The van der Waals surface area contributed by atoms with Gasteiger partial charge >= 0.3 is 0 Å². The summed E-state index contributed by atoms with van der Waals surface area (Å²) < 4.78 is 0. The maximum absolute atomic E-state index is 8.69. The molecule has 0 aliphatic carbocycles. The fourth-order valence-corrected chi connectivity index (χ4v) is 4.71. The van der Waals surface area contributed by atoms with E-state index in [4.69, 9.17) is 11.1 Å². The topological polar surface area (TPSA) is 129 Å². The molecule has 0 aromatic carbocycles. The van der Waals surface area contributed by atoms with Gasteiger partial charge in [-0.3, -0.25) is 20.4 Å². The van der Waals surface area contributed by atoms with E-state index in [1.54, 1.807) is 24.7 Å². The lowest BCUT2D eigenvalue weighted by atomic mass is 9.91. The number of hydrogen-bond acceptors (Lipinski definition) is 7. The van der Waals surface area contributed by atoms with E-state index in [2.05, 4.69) is 42.9 Å². The molecule has 5 N–H and O–H groups in total. The Morgan fingerprint density at radius 2 is 1.89 bits per heavy atom. The molecular formula is C30H32N8. The van der Waals surface area contributed by atoms with Crippen LogP contribution in [0.4, 0.5) is 0 Å². The third-order valence-corrected chi connectivity index (χ3v) is 6.99. The van der Waals surface area contributed by atoms with E-state index in [0.717, 1.165) is 47.4 Å². The van der Waals surface area contributed by atoms with E-state index in [1.807, 2.05) is 43.6 Å². The molecule has 4 aromatic rings. The zero-order valence-corrected chi connectivity index (χ0v) is 21.5. The number of nitrogens with zero attached hydrogens (tertiary/aromatic N) is 4. The number of allylic oxidation sites excluding steroid dienone is 4. The molecule has 192 valence electrons. The van der Waals surface area contributed by atoms with E-state index in [0.29, 0.717) is 28.5 Å². The number of H-pyrrole nitrogens is 1. The summed E-state index contributed by atoms with van der Waals surface area (Å²) >= 11 is 0. The first-order valence-corrected chi connectivity index (χ1v) is 12.8. The molecule has 0 unspecified atom stereocenters. The Morgan fingerprint density at radius 1 is 1.11 bits per heavy atom. The normalized spacial score (nSPS) is 15.1. The molecule has 5 heterocycles. The van der Waals surface area contributed by atoms with Crippen LogP contribution < -0.4 is 11.1 Å². The van der Waals surface area contributed by atoms with Gasteiger partial charge in [0, 0.05) is 47.8 Å². The lowest BCUT2D eigenvalue weighted by Gasteiger charge is -2.22. The Kier molecular flexibility index (Phi) is 7.51. The Labute approximate surface area is 222 Å². The Bertz CT molecular complexity index is 1520. The number of hydrogen-bond donors (Lipinski definition) is 4. The van der Waals surface area contributed by atoms with Gasteiger partial charge in [-0.25, -0.2) is 4.98 Å². The predicted molar refractivity (Wildman–Crippen MR) is 153 cm³/mol. The third-order valence-electron chi connectivity index (χ3n) is 6.99. The van der Waals surface area contributed by atoms with Crippen molar-refractivity contribution in [2.45, 2.75) is 26.2 Å². The summed E-state index contributed by atoms with van der Waals surface area (Å²) in [6.45, 7) is 8.29. The molecule has 0 spiro atoms. The third kappa shape index (κ3) is 5.60. The van der Waals surface area contributed by atoms with Crippen molar-refractivity contribution in [3.63, 3.8) is 0 Å². The van der Waals surface area contributed by atoms with Gasteiger partial charge in [0.05, 0.1) is 11.2 Å². The second kappa shape index (κ2) is 11.3. The summed E-state index contributed by atoms with van der Waals surface area (Å²) in [4.78, 5) is 20.9. The Balaban J connectivity index is 1.31. The maximum Gasteiger partial charge on any atom is 0.157 e. The number of imidazole rings is 1. The average Bonchev–Trinajstić information content (AvgIpc) is 3.41. The quantitative estimate of drug-likeness (QED) is 0.201. The summed E-state index contributed by atoms with van der Waals surface area (Å²) in [6, 6.07) is 7.82. The fourth-order valence-electron chi connectivity index (χ4n) is 4.71. The first kappa shape index (κ1) is 25.2. The summed E-state index contributed by atoms with van der Waals surface area (Å²) in [6.07, 6.45) is 16.2.